The van der Waals surface area contributed by atoms with E-state index in [1.807, 2.05) is 0 Å². The molecule has 4 rings (SSSR count). The lowest BCUT2D eigenvalue weighted by atomic mass is 9.89. The normalized spacial score (nSPS) is 17.5. The van der Waals surface area contributed by atoms with Gasteiger partial charge >= 0.3 is 12.2 Å². The van der Waals surface area contributed by atoms with E-state index < -0.39 is 70.7 Å². The Balaban J connectivity index is 0.000000215. The second-order valence-electron chi connectivity index (χ2n) is 10.2. The highest BCUT2D eigenvalue weighted by Crippen LogP contribution is 2.36. The number of halogens is 5. The predicted octanol–water partition coefficient (Wildman–Crippen LogP) is 5.45. The van der Waals surface area contributed by atoms with Crippen molar-refractivity contribution in [2.45, 2.75) is 38.6 Å². The quantitative estimate of drug-likeness (QED) is 0.500. The van der Waals surface area contributed by atoms with Crippen LogP contribution in [0.25, 0.3) is 0 Å². The number of likely N-dealkylation sites (tertiary alicyclic amines) is 2. The van der Waals surface area contributed by atoms with E-state index in [-0.39, 0.29) is 31.7 Å². The molecule has 12 heteroatoms. The first kappa shape index (κ1) is 29.2. The van der Waals surface area contributed by atoms with Crippen LogP contribution < -0.4 is 0 Å². The molecule has 208 valence electrons. The maximum absolute atomic E-state index is 13.8. The highest BCUT2D eigenvalue weighted by Gasteiger charge is 2.40. The Bertz CT molecular complexity index is 1120. The Kier molecular flexibility index (Phi) is 8.86. The van der Waals surface area contributed by atoms with Crippen molar-refractivity contribution in [3.8, 4) is 0 Å². The van der Waals surface area contributed by atoms with Crippen LogP contribution in [0, 0.1) is 35.1 Å². The number of aliphatic hydroxyl groups excluding tert-OH is 1. The van der Waals surface area contributed by atoms with Crippen LogP contribution in [0.1, 0.15) is 44.2 Å². The number of carbonyl (C=O) groups is 2. The van der Waals surface area contributed by atoms with Gasteiger partial charge in [0.2, 0.25) is 0 Å². The molecule has 2 unspecified atom stereocenters. The summed E-state index contributed by atoms with van der Waals surface area (Å²) >= 11 is 0. The van der Waals surface area contributed by atoms with Gasteiger partial charge in [-0.2, -0.15) is 0 Å². The minimum absolute atomic E-state index is 0.0374. The molecule has 0 bridgehead atoms. The Morgan fingerprint density at radius 3 is 1.68 bits per heavy atom. The summed E-state index contributed by atoms with van der Waals surface area (Å²) in [5.41, 5.74) is -1.55. The Hall–Kier alpha value is -3.41. The zero-order valence-electron chi connectivity index (χ0n) is 21.0. The summed E-state index contributed by atoms with van der Waals surface area (Å²) in [4.78, 5) is 24.6. The number of aliphatic hydroxyl groups is 1. The van der Waals surface area contributed by atoms with E-state index in [1.54, 1.807) is 20.8 Å². The molecule has 0 radical (unpaired) electrons. The van der Waals surface area contributed by atoms with Gasteiger partial charge in [-0.1, -0.05) is 12.1 Å². The summed E-state index contributed by atoms with van der Waals surface area (Å²) < 4.78 is 72.7. The fraction of sp³-hybridized carbons (Fsp3) is 0.462. The maximum atomic E-state index is 13.8. The molecule has 0 aromatic heterocycles. The maximum Gasteiger partial charge on any atom is 0.410 e. The van der Waals surface area contributed by atoms with Gasteiger partial charge in [-0.25, -0.2) is 31.5 Å². The first-order valence-corrected chi connectivity index (χ1v) is 11.8. The average molecular weight is 545 g/mol. The van der Waals surface area contributed by atoms with Crippen LogP contribution in [0.3, 0.4) is 0 Å². The van der Waals surface area contributed by atoms with Gasteiger partial charge in [0.1, 0.15) is 35.0 Å². The monoisotopic (exact) mass is 544 g/mol. The van der Waals surface area contributed by atoms with Gasteiger partial charge in [0.05, 0.1) is 17.2 Å². The predicted molar refractivity (Wildman–Crippen MR) is 126 cm³/mol. The fourth-order valence-corrected chi connectivity index (χ4v) is 4.08. The van der Waals surface area contributed by atoms with E-state index in [0.29, 0.717) is 0 Å². The van der Waals surface area contributed by atoms with Gasteiger partial charge in [-0.3, -0.25) is 0 Å². The smallest absolute Gasteiger partial charge is 0.410 e. The van der Waals surface area contributed by atoms with Crippen LogP contribution in [0.4, 0.5) is 31.5 Å². The lowest BCUT2D eigenvalue weighted by molar-refractivity contribution is -0.0329. The standard InChI is InChI=1S/C15H19F2NO3.C11H10F3NO2/c1-15(2,3)21-14(20)18-7-9(8-18)13(19)12-10(16)5-4-6-11(12)17;12-7-2-1-3-8(13)9(7)10(14)6-4-15(5-6)11(16)17/h4-6,9,13,19H,7-8H2,1-3H3;1-3,6,10H,4-5H2,(H,16,17). The van der Waals surface area contributed by atoms with Crippen molar-refractivity contribution < 1.29 is 46.5 Å². The van der Waals surface area contributed by atoms with E-state index in [0.717, 1.165) is 35.2 Å². The van der Waals surface area contributed by atoms with Crippen molar-refractivity contribution in [3.63, 3.8) is 0 Å². The zero-order valence-corrected chi connectivity index (χ0v) is 21.0. The van der Waals surface area contributed by atoms with Crippen LogP contribution in [-0.2, 0) is 4.74 Å². The summed E-state index contributed by atoms with van der Waals surface area (Å²) in [5.74, 6) is -4.52. The molecule has 2 N–H and O–H groups in total. The molecule has 7 nitrogen and oxygen atoms in total. The zero-order chi connectivity index (χ0) is 28.4. The van der Waals surface area contributed by atoms with E-state index in [9.17, 15) is 36.6 Å². The first-order chi connectivity index (χ1) is 17.7. The molecule has 0 saturated carbocycles. The largest absolute Gasteiger partial charge is 0.465 e. The number of benzene rings is 2. The van der Waals surface area contributed by atoms with Crippen molar-refractivity contribution in [1.29, 1.82) is 0 Å². The molecule has 2 heterocycles. The van der Waals surface area contributed by atoms with E-state index >= 15 is 0 Å². The lowest BCUT2D eigenvalue weighted by Gasteiger charge is -2.42. The van der Waals surface area contributed by atoms with Crippen molar-refractivity contribution in [2.24, 2.45) is 11.8 Å². The molecule has 38 heavy (non-hydrogen) atoms. The van der Waals surface area contributed by atoms with Gasteiger partial charge in [0.25, 0.3) is 0 Å². The third kappa shape index (κ3) is 6.72. The molecule has 2 saturated heterocycles. The molecular weight excluding hydrogens is 515 g/mol. The molecule has 0 aliphatic carbocycles. The van der Waals surface area contributed by atoms with Crippen molar-refractivity contribution in [2.75, 3.05) is 26.2 Å². The first-order valence-electron chi connectivity index (χ1n) is 11.8. The second kappa shape index (κ2) is 11.5. The van der Waals surface area contributed by atoms with E-state index in [1.165, 1.54) is 11.0 Å². The second-order valence-corrected chi connectivity index (χ2v) is 10.2. The molecular formula is C26H29F5N2O5. The summed E-state index contributed by atoms with van der Waals surface area (Å²) in [6.07, 6.45) is -4.72. The SMILES string of the molecule is CC(C)(C)OC(=O)N1CC(C(O)c2c(F)cccc2F)C1.O=C(O)N1CC(C(F)c2c(F)cccc2F)C1. The summed E-state index contributed by atoms with van der Waals surface area (Å²) in [5, 5.41) is 18.6. The molecule has 0 spiro atoms. The van der Waals surface area contributed by atoms with Gasteiger partial charge in [0, 0.05) is 38.0 Å². The Labute approximate surface area is 216 Å². The molecule has 2 aromatic rings. The molecule has 2 amide bonds. The van der Waals surface area contributed by atoms with Crippen molar-refractivity contribution >= 4 is 12.2 Å². The number of carbonyl (C=O) groups excluding carboxylic acids is 1. The van der Waals surface area contributed by atoms with Crippen molar-refractivity contribution in [3.05, 3.63) is 70.8 Å². The number of ether oxygens (including phenoxy) is 1. The minimum Gasteiger partial charge on any atom is -0.465 e. The van der Waals surface area contributed by atoms with E-state index in [4.69, 9.17) is 9.84 Å². The fourth-order valence-electron chi connectivity index (χ4n) is 4.08. The average Bonchev–Trinajstić information content (AvgIpc) is 2.70. The highest BCUT2D eigenvalue weighted by molar-refractivity contribution is 5.69. The number of alkyl halides is 1. The lowest BCUT2D eigenvalue weighted by Crippen LogP contribution is -2.53. The summed E-state index contributed by atoms with van der Waals surface area (Å²) in [6.45, 7) is 5.62. The summed E-state index contributed by atoms with van der Waals surface area (Å²) in [7, 11) is 0. The van der Waals surface area contributed by atoms with Crippen LogP contribution in [0.2, 0.25) is 0 Å². The van der Waals surface area contributed by atoms with Gasteiger partial charge < -0.3 is 24.7 Å². The van der Waals surface area contributed by atoms with Gasteiger partial charge in [-0.15, -0.1) is 0 Å². The number of rotatable bonds is 4. The number of nitrogens with zero attached hydrogens (tertiary/aromatic N) is 2. The Morgan fingerprint density at radius 1 is 0.842 bits per heavy atom. The number of hydrogen-bond donors (Lipinski definition) is 2. The van der Waals surface area contributed by atoms with Crippen LogP contribution in [0.5, 0.6) is 0 Å². The summed E-state index contributed by atoms with van der Waals surface area (Å²) in [6, 6.07) is 6.58. The molecule has 2 aliphatic rings. The molecule has 2 aliphatic heterocycles. The van der Waals surface area contributed by atoms with Crippen LogP contribution in [0.15, 0.2) is 36.4 Å². The Morgan fingerprint density at radius 2 is 1.26 bits per heavy atom. The van der Waals surface area contributed by atoms with Crippen molar-refractivity contribution in [1.82, 2.24) is 9.80 Å². The molecule has 2 fully saturated rings. The molecule has 2 aromatic carbocycles. The third-order valence-electron chi connectivity index (χ3n) is 6.17. The van der Waals surface area contributed by atoms with Crippen LogP contribution in [-0.4, -0.2) is 64.0 Å². The van der Waals surface area contributed by atoms with Gasteiger partial charge in [0.15, 0.2) is 0 Å². The number of carboxylic acid groups (broad SMARTS) is 1. The number of hydrogen-bond acceptors (Lipinski definition) is 4. The van der Waals surface area contributed by atoms with E-state index in [2.05, 4.69) is 0 Å². The third-order valence-corrected chi connectivity index (χ3v) is 6.17. The number of amides is 2. The minimum atomic E-state index is -1.81. The van der Waals surface area contributed by atoms with Gasteiger partial charge in [-0.05, 0) is 45.0 Å². The van der Waals surface area contributed by atoms with Crippen LogP contribution >= 0.6 is 0 Å². The molecule has 2 atom stereocenters. The highest BCUT2D eigenvalue weighted by atomic mass is 19.2. The topological polar surface area (TPSA) is 90.3 Å².